The summed E-state index contributed by atoms with van der Waals surface area (Å²) in [6, 6.07) is 0.390. The molecule has 1 aliphatic heterocycles. The average molecular weight is 272 g/mol. The van der Waals surface area contributed by atoms with Gasteiger partial charge in [-0.2, -0.15) is 0 Å². The molecule has 102 valence electrons. The number of hydrogen-bond acceptors (Lipinski definition) is 6. The van der Waals surface area contributed by atoms with Gasteiger partial charge in [-0.3, -0.25) is 0 Å². The highest BCUT2D eigenvalue weighted by Gasteiger charge is 2.31. The van der Waals surface area contributed by atoms with E-state index < -0.39 is 0 Å². The molecule has 1 fully saturated rings. The molecule has 0 saturated carbocycles. The summed E-state index contributed by atoms with van der Waals surface area (Å²) in [5.74, 6) is 0. The third-order valence-corrected chi connectivity index (χ3v) is 3.68. The smallest absolute Gasteiger partial charge is 0.207 e. The number of nitrogens with zero attached hydrogens (tertiary/aromatic N) is 2. The molecule has 2 heterocycles. The van der Waals surface area contributed by atoms with Crippen LogP contribution in [0, 0.1) is 0 Å². The maximum atomic E-state index is 5.44. The van der Waals surface area contributed by atoms with Crippen LogP contribution in [-0.2, 0) is 14.2 Å². The summed E-state index contributed by atoms with van der Waals surface area (Å²) in [7, 11) is 1.71. The minimum absolute atomic E-state index is 0.116. The molecule has 0 N–H and O–H groups in total. The topological polar surface area (TPSA) is 43.8 Å². The first-order valence-electron chi connectivity index (χ1n) is 6.13. The third kappa shape index (κ3) is 3.00. The summed E-state index contributed by atoms with van der Waals surface area (Å²) in [6.07, 6.45) is -0.406. The van der Waals surface area contributed by atoms with E-state index in [4.69, 9.17) is 14.2 Å². The Bertz CT molecular complexity index is 377. The number of aromatic nitrogens is 1. The third-order valence-electron chi connectivity index (χ3n) is 2.79. The fraction of sp³-hybridized carbons (Fsp3) is 0.750. The van der Waals surface area contributed by atoms with Gasteiger partial charge in [-0.25, -0.2) is 4.98 Å². The molecular weight excluding hydrogens is 252 g/mol. The lowest BCUT2D eigenvalue weighted by Crippen LogP contribution is -2.34. The number of ether oxygens (including phenoxy) is 3. The lowest BCUT2D eigenvalue weighted by Gasteiger charge is -2.32. The van der Waals surface area contributed by atoms with Crippen LogP contribution in [0.3, 0.4) is 0 Å². The van der Waals surface area contributed by atoms with E-state index in [2.05, 4.69) is 23.7 Å². The quantitative estimate of drug-likeness (QED) is 0.795. The number of methoxy groups -OCH3 is 1. The standard InChI is InChI=1S/C12H20N2O3S/c1-8(2)14(5-6-15-4)12-13-10(7-18-12)11-16-9(3)17-11/h7-9,11H,5-6H2,1-4H3. The SMILES string of the molecule is COCCN(c1nc(C2OC(C)O2)cs1)C(C)C. The van der Waals surface area contributed by atoms with Crippen LogP contribution in [-0.4, -0.2) is 37.6 Å². The summed E-state index contributed by atoms with van der Waals surface area (Å²) in [4.78, 5) is 6.80. The number of anilines is 1. The average Bonchev–Trinajstić information content (AvgIpc) is 2.74. The van der Waals surface area contributed by atoms with E-state index in [1.807, 2.05) is 12.3 Å². The Morgan fingerprint density at radius 1 is 1.50 bits per heavy atom. The van der Waals surface area contributed by atoms with Crippen LogP contribution >= 0.6 is 11.3 Å². The highest BCUT2D eigenvalue weighted by Crippen LogP contribution is 2.34. The van der Waals surface area contributed by atoms with Crippen LogP contribution in [0.1, 0.15) is 32.8 Å². The van der Waals surface area contributed by atoms with Crippen molar-refractivity contribution in [3.8, 4) is 0 Å². The van der Waals surface area contributed by atoms with Gasteiger partial charge in [-0.1, -0.05) is 0 Å². The Labute approximate surface area is 112 Å². The molecule has 0 spiro atoms. The van der Waals surface area contributed by atoms with Gasteiger partial charge in [0.2, 0.25) is 6.29 Å². The first kappa shape index (κ1) is 13.7. The molecule has 2 rings (SSSR count). The zero-order valence-electron chi connectivity index (χ0n) is 11.3. The summed E-state index contributed by atoms with van der Waals surface area (Å²) in [5.41, 5.74) is 0.858. The Morgan fingerprint density at radius 3 is 2.78 bits per heavy atom. The van der Waals surface area contributed by atoms with Crippen LogP contribution in [0.2, 0.25) is 0 Å². The maximum Gasteiger partial charge on any atom is 0.207 e. The number of rotatable bonds is 6. The molecule has 0 bridgehead atoms. The highest BCUT2D eigenvalue weighted by atomic mass is 32.1. The van der Waals surface area contributed by atoms with Crippen molar-refractivity contribution in [2.45, 2.75) is 39.4 Å². The van der Waals surface area contributed by atoms with Gasteiger partial charge in [-0.15, -0.1) is 11.3 Å². The van der Waals surface area contributed by atoms with E-state index in [9.17, 15) is 0 Å². The molecule has 6 heteroatoms. The van der Waals surface area contributed by atoms with Crippen molar-refractivity contribution in [2.24, 2.45) is 0 Å². The summed E-state index contributed by atoms with van der Waals surface area (Å²) >= 11 is 1.61. The second-order valence-corrected chi connectivity index (χ2v) is 5.34. The van der Waals surface area contributed by atoms with Gasteiger partial charge >= 0.3 is 0 Å². The van der Waals surface area contributed by atoms with Gasteiger partial charge in [0.25, 0.3) is 0 Å². The normalized spacial score (nSPS) is 23.2. The molecular formula is C12H20N2O3S. The van der Waals surface area contributed by atoms with Crippen molar-refractivity contribution in [2.75, 3.05) is 25.2 Å². The van der Waals surface area contributed by atoms with Gasteiger partial charge in [0.15, 0.2) is 11.4 Å². The molecule has 18 heavy (non-hydrogen) atoms. The molecule has 0 amide bonds. The fourth-order valence-corrected chi connectivity index (χ4v) is 2.76. The summed E-state index contributed by atoms with van der Waals surface area (Å²) < 4.78 is 16.0. The lowest BCUT2D eigenvalue weighted by atomic mass is 10.3. The van der Waals surface area contributed by atoms with Crippen LogP contribution in [0.15, 0.2) is 5.38 Å². The number of thiazole rings is 1. The maximum absolute atomic E-state index is 5.44. The van der Waals surface area contributed by atoms with Crippen molar-refractivity contribution in [3.05, 3.63) is 11.1 Å². The van der Waals surface area contributed by atoms with E-state index in [0.29, 0.717) is 12.6 Å². The predicted molar refractivity (Wildman–Crippen MR) is 70.8 cm³/mol. The second-order valence-electron chi connectivity index (χ2n) is 4.51. The molecule has 0 unspecified atom stereocenters. The van der Waals surface area contributed by atoms with Crippen molar-refractivity contribution >= 4 is 16.5 Å². The molecule has 0 aliphatic carbocycles. The van der Waals surface area contributed by atoms with Crippen molar-refractivity contribution < 1.29 is 14.2 Å². The summed E-state index contributed by atoms with van der Waals surface area (Å²) in [6.45, 7) is 7.71. The van der Waals surface area contributed by atoms with Crippen LogP contribution in [0.25, 0.3) is 0 Å². The minimum atomic E-state index is -0.290. The van der Waals surface area contributed by atoms with Crippen molar-refractivity contribution in [3.63, 3.8) is 0 Å². The van der Waals surface area contributed by atoms with E-state index in [0.717, 1.165) is 17.4 Å². The highest BCUT2D eigenvalue weighted by molar-refractivity contribution is 7.13. The van der Waals surface area contributed by atoms with Gasteiger partial charge in [-0.05, 0) is 20.8 Å². The second kappa shape index (κ2) is 5.97. The van der Waals surface area contributed by atoms with Gasteiger partial charge < -0.3 is 19.1 Å². The van der Waals surface area contributed by atoms with E-state index >= 15 is 0 Å². The molecule has 0 radical (unpaired) electrons. The Kier molecular flexibility index (Phi) is 4.55. The van der Waals surface area contributed by atoms with Crippen LogP contribution in [0.5, 0.6) is 0 Å². The molecule has 0 atom stereocenters. The Balaban J connectivity index is 2.02. The molecule has 1 saturated heterocycles. The molecule has 1 aliphatic rings. The Hall–Kier alpha value is -0.690. The van der Waals surface area contributed by atoms with E-state index in [1.165, 1.54) is 0 Å². The van der Waals surface area contributed by atoms with E-state index in [1.54, 1.807) is 18.4 Å². The lowest BCUT2D eigenvalue weighted by molar-refractivity contribution is -0.383. The van der Waals surface area contributed by atoms with E-state index in [-0.39, 0.29) is 12.6 Å². The Morgan fingerprint density at radius 2 is 2.22 bits per heavy atom. The first-order chi connectivity index (χ1) is 8.61. The largest absolute Gasteiger partial charge is 0.383 e. The monoisotopic (exact) mass is 272 g/mol. The zero-order valence-corrected chi connectivity index (χ0v) is 12.1. The van der Waals surface area contributed by atoms with Gasteiger partial charge in [0.1, 0.15) is 5.69 Å². The fourth-order valence-electron chi connectivity index (χ4n) is 1.78. The predicted octanol–water partition coefficient (Wildman–Crippen LogP) is 2.40. The van der Waals surface area contributed by atoms with Gasteiger partial charge in [0.05, 0.1) is 6.61 Å². The molecule has 1 aromatic heterocycles. The van der Waals surface area contributed by atoms with Crippen LogP contribution < -0.4 is 4.90 Å². The first-order valence-corrected chi connectivity index (χ1v) is 7.01. The molecule has 5 nitrogen and oxygen atoms in total. The summed E-state index contributed by atoms with van der Waals surface area (Å²) in [5, 5.41) is 2.98. The minimum Gasteiger partial charge on any atom is -0.383 e. The zero-order chi connectivity index (χ0) is 13.1. The van der Waals surface area contributed by atoms with Crippen molar-refractivity contribution in [1.82, 2.24) is 4.98 Å². The van der Waals surface area contributed by atoms with Gasteiger partial charge in [0, 0.05) is 25.1 Å². The number of hydrogen-bond donors (Lipinski definition) is 0. The van der Waals surface area contributed by atoms with Crippen molar-refractivity contribution in [1.29, 1.82) is 0 Å². The van der Waals surface area contributed by atoms with Crippen LogP contribution in [0.4, 0.5) is 5.13 Å². The molecule has 1 aromatic rings. The molecule has 0 aromatic carbocycles.